The Labute approximate surface area is 114 Å². The van der Waals surface area contributed by atoms with Crippen LogP contribution in [0.5, 0.6) is 0 Å². The minimum Gasteiger partial charge on any atom is -0.383 e. The third-order valence-corrected chi connectivity index (χ3v) is 2.77. The van der Waals surface area contributed by atoms with Crippen LogP contribution in [0.25, 0.3) is 0 Å². The molecular formula is C13H22N4O2. The van der Waals surface area contributed by atoms with Crippen LogP contribution in [0.1, 0.15) is 31.3 Å². The average Bonchev–Trinajstić information content (AvgIpc) is 2.41. The van der Waals surface area contributed by atoms with Crippen LogP contribution in [0.4, 0.5) is 5.82 Å². The van der Waals surface area contributed by atoms with Crippen LogP contribution in [0.2, 0.25) is 0 Å². The van der Waals surface area contributed by atoms with E-state index in [1.807, 2.05) is 20.8 Å². The van der Waals surface area contributed by atoms with E-state index in [9.17, 15) is 4.79 Å². The average molecular weight is 266 g/mol. The van der Waals surface area contributed by atoms with E-state index in [0.29, 0.717) is 24.7 Å². The summed E-state index contributed by atoms with van der Waals surface area (Å²) in [5.41, 5.74) is 0.353. The number of methoxy groups -OCH3 is 1. The van der Waals surface area contributed by atoms with Crippen molar-refractivity contribution in [2.45, 2.75) is 26.8 Å². The van der Waals surface area contributed by atoms with Crippen LogP contribution in [-0.2, 0) is 4.74 Å². The summed E-state index contributed by atoms with van der Waals surface area (Å²) < 4.78 is 5.08. The highest BCUT2D eigenvalue weighted by atomic mass is 16.5. The number of amides is 1. The van der Waals surface area contributed by atoms with Crippen LogP contribution in [0, 0.1) is 0 Å². The minimum absolute atomic E-state index is 0.0118. The third kappa shape index (κ3) is 4.17. The molecule has 1 heterocycles. The quantitative estimate of drug-likeness (QED) is 0.808. The molecule has 0 spiro atoms. The Morgan fingerprint density at radius 3 is 2.63 bits per heavy atom. The van der Waals surface area contributed by atoms with Gasteiger partial charge < -0.3 is 15.0 Å². The Hall–Kier alpha value is -1.69. The van der Waals surface area contributed by atoms with Gasteiger partial charge in [0.1, 0.15) is 11.5 Å². The lowest BCUT2D eigenvalue weighted by Gasteiger charge is -2.27. The second kappa shape index (κ2) is 7.68. The van der Waals surface area contributed by atoms with E-state index in [4.69, 9.17) is 4.74 Å². The normalized spacial score (nSPS) is 12.0. The lowest BCUT2D eigenvalue weighted by Crippen LogP contribution is -2.41. The fraction of sp³-hybridized carbons (Fsp3) is 0.615. The largest absolute Gasteiger partial charge is 0.383 e. The van der Waals surface area contributed by atoms with Crippen molar-refractivity contribution in [1.82, 2.24) is 14.9 Å². The molecule has 1 amide bonds. The van der Waals surface area contributed by atoms with Crippen molar-refractivity contribution in [1.29, 1.82) is 0 Å². The number of likely N-dealkylation sites (N-methyl/N-ethyl adjacent to an activating group) is 1. The summed E-state index contributed by atoms with van der Waals surface area (Å²) in [6.07, 6.45) is 3.08. The van der Waals surface area contributed by atoms with Crippen molar-refractivity contribution in [3.8, 4) is 0 Å². The van der Waals surface area contributed by atoms with Crippen molar-refractivity contribution in [2.75, 3.05) is 32.1 Å². The van der Waals surface area contributed by atoms with Crippen molar-refractivity contribution >= 4 is 11.7 Å². The van der Waals surface area contributed by atoms with Gasteiger partial charge in [-0.25, -0.2) is 9.97 Å². The Bertz CT molecular complexity index is 394. The summed E-state index contributed by atoms with van der Waals surface area (Å²) in [7, 11) is 1.62. The van der Waals surface area contributed by atoms with Gasteiger partial charge in [-0.05, 0) is 20.8 Å². The van der Waals surface area contributed by atoms with Crippen LogP contribution < -0.4 is 5.32 Å². The fourth-order valence-corrected chi connectivity index (χ4v) is 1.84. The molecule has 0 fully saturated rings. The number of hydrogen-bond donors (Lipinski definition) is 1. The Morgan fingerprint density at radius 2 is 2.16 bits per heavy atom. The summed E-state index contributed by atoms with van der Waals surface area (Å²) in [5.74, 6) is 0.551. The summed E-state index contributed by atoms with van der Waals surface area (Å²) in [5, 5.41) is 3.04. The van der Waals surface area contributed by atoms with Crippen LogP contribution in [0.15, 0.2) is 12.4 Å². The van der Waals surface area contributed by atoms with Crippen molar-refractivity contribution in [3.05, 3.63) is 18.1 Å². The predicted octanol–water partition coefficient (Wildman–Crippen LogP) is 1.41. The monoisotopic (exact) mass is 266 g/mol. The van der Waals surface area contributed by atoms with Crippen LogP contribution in [0.3, 0.4) is 0 Å². The Kier molecular flexibility index (Phi) is 6.21. The molecule has 6 nitrogen and oxygen atoms in total. The number of nitrogens with one attached hydrogen (secondary N) is 1. The molecular weight excluding hydrogens is 244 g/mol. The second-order valence-corrected chi connectivity index (χ2v) is 4.21. The van der Waals surface area contributed by atoms with Crippen LogP contribution >= 0.6 is 0 Å². The summed E-state index contributed by atoms with van der Waals surface area (Å²) in [6.45, 7) is 7.75. The number of hydrogen-bond acceptors (Lipinski definition) is 5. The zero-order chi connectivity index (χ0) is 14.3. The lowest BCUT2D eigenvalue weighted by molar-refractivity contribution is 0.0573. The molecule has 0 radical (unpaired) electrons. The van der Waals surface area contributed by atoms with E-state index >= 15 is 0 Å². The summed E-state index contributed by atoms with van der Waals surface area (Å²) >= 11 is 0. The van der Waals surface area contributed by atoms with Crippen molar-refractivity contribution in [2.24, 2.45) is 0 Å². The van der Waals surface area contributed by atoms with Crippen LogP contribution in [-0.4, -0.2) is 53.6 Å². The minimum atomic E-state index is -0.123. The van der Waals surface area contributed by atoms with Crippen molar-refractivity contribution in [3.63, 3.8) is 0 Å². The Balaban J connectivity index is 2.79. The molecule has 6 heteroatoms. The standard InChI is InChI=1S/C13H22N4O2/c1-5-14-12-8-15-11(7-16-12)13(18)17(6-2)10(3)9-19-4/h7-8,10H,5-6,9H2,1-4H3,(H,14,16). The SMILES string of the molecule is CCNc1cnc(C(=O)N(CC)C(C)COC)cn1. The van der Waals surface area contributed by atoms with E-state index in [-0.39, 0.29) is 11.9 Å². The number of ether oxygens (including phenoxy) is 1. The summed E-state index contributed by atoms with van der Waals surface area (Å²) in [4.78, 5) is 22.3. The molecule has 1 aromatic heterocycles. The fourth-order valence-electron chi connectivity index (χ4n) is 1.84. The van der Waals surface area contributed by atoms with Gasteiger partial charge in [-0.3, -0.25) is 4.79 Å². The second-order valence-electron chi connectivity index (χ2n) is 4.21. The highest BCUT2D eigenvalue weighted by Crippen LogP contribution is 2.08. The van der Waals surface area contributed by atoms with Gasteiger partial charge in [0.25, 0.3) is 5.91 Å². The van der Waals surface area contributed by atoms with E-state index in [1.165, 1.54) is 6.20 Å². The number of aromatic nitrogens is 2. The highest BCUT2D eigenvalue weighted by molar-refractivity contribution is 5.92. The van der Waals surface area contributed by atoms with Gasteiger partial charge in [0.2, 0.25) is 0 Å². The van der Waals surface area contributed by atoms with Gasteiger partial charge in [0.05, 0.1) is 25.0 Å². The molecule has 1 N–H and O–H groups in total. The van der Waals surface area contributed by atoms with Gasteiger partial charge in [-0.1, -0.05) is 0 Å². The number of nitrogens with zero attached hydrogens (tertiary/aromatic N) is 3. The zero-order valence-electron chi connectivity index (χ0n) is 12.0. The maximum absolute atomic E-state index is 12.3. The molecule has 0 aliphatic carbocycles. The molecule has 19 heavy (non-hydrogen) atoms. The topological polar surface area (TPSA) is 67.4 Å². The molecule has 0 aliphatic rings. The molecule has 0 saturated carbocycles. The van der Waals surface area contributed by atoms with Crippen molar-refractivity contribution < 1.29 is 9.53 Å². The molecule has 0 aromatic carbocycles. The molecule has 0 aliphatic heterocycles. The molecule has 1 rings (SSSR count). The lowest BCUT2D eigenvalue weighted by atomic mass is 10.2. The number of carbonyl (C=O) groups excluding carboxylic acids is 1. The molecule has 1 unspecified atom stereocenters. The molecule has 106 valence electrons. The van der Waals surface area contributed by atoms with Gasteiger partial charge in [-0.15, -0.1) is 0 Å². The third-order valence-electron chi connectivity index (χ3n) is 2.77. The van der Waals surface area contributed by atoms with Gasteiger partial charge in [0.15, 0.2) is 0 Å². The van der Waals surface area contributed by atoms with E-state index in [2.05, 4.69) is 15.3 Å². The first-order valence-corrected chi connectivity index (χ1v) is 6.49. The number of anilines is 1. The maximum atomic E-state index is 12.3. The first-order valence-electron chi connectivity index (χ1n) is 6.49. The maximum Gasteiger partial charge on any atom is 0.274 e. The molecule has 1 aromatic rings. The van der Waals surface area contributed by atoms with E-state index in [1.54, 1.807) is 18.2 Å². The summed E-state index contributed by atoms with van der Waals surface area (Å²) in [6, 6.07) is 0.0118. The zero-order valence-corrected chi connectivity index (χ0v) is 12.0. The highest BCUT2D eigenvalue weighted by Gasteiger charge is 2.21. The first-order chi connectivity index (χ1) is 9.13. The van der Waals surface area contributed by atoms with Gasteiger partial charge in [-0.2, -0.15) is 0 Å². The van der Waals surface area contributed by atoms with Gasteiger partial charge in [0, 0.05) is 20.2 Å². The molecule has 0 saturated heterocycles. The molecule has 0 bridgehead atoms. The number of carbonyl (C=O) groups is 1. The number of rotatable bonds is 7. The first kappa shape index (κ1) is 15.4. The smallest absolute Gasteiger partial charge is 0.274 e. The molecule has 1 atom stereocenters. The Morgan fingerprint density at radius 1 is 1.42 bits per heavy atom. The van der Waals surface area contributed by atoms with E-state index < -0.39 is 0 Å². The van der Waals surface area contributed by atoms with Gasteiger partial charge >= 0.3 is 0 Å². The van der Waals surface area contributed by atoms with E-state index in [0.717, 1.165) is 6.54 Å². The predicted molar refractivity (Wildman–Crippen MR) is 74.2 cm³/mol.